The summed E-state index contributed by atoms with van der Waals surface area (Å²) in [5.41, 5.74) is -0.527. The van der Waals surface area contributed by atoms with Crippen LogP contribution in [0.3, 0.4) is 0 Å². The Bertz CT molecular complexity index is 816. The summed E-state index contributed by atoms with van der Waals surface area (Å²) >= 11 is 0. The number of halogens is 2. The normalized spacial score (nSPS) is 19.4. The monoisotopic (exact) mass is 335 g/mol. The van der Waals surface area contributed by atoms with Crippen LogP contribution in [0.1, 0.15) is 27.7 Å². The first-order valence-electron chi connectivity index (χ1n) is 7.88. The van der Waals surface area contributed by atoms with Crippen molar-refractivity contribution in [1.82, 2.24) is 4.57 Å². The van der Waals surface area contributed by atoms with Gasteiger partial charge in [-0.1, -0.05) is 12.1 Å². The van der Waals surface area contributed by atoms with Crippen molar-refractivity contribution in [1.29, 1.82) is 0 Å². The van der Waals surface area contributed by atoms with Crippen molar-refractivity contribution >= 4 is 23.4 Å². The maximum absolute atomic E-state index is 12.5. The van der Waals surface area contributed by atoms with Gasteiger partial charge in [-0.25, -0.2) is 8.78 Å². The molecule has 0 atom stereocenters. The molecule has 1 aliphatic rings. The fraction of sp³-hybridized carbons (Fsp3) is 0.471. The van der Waals surface area contributed by atoms with Crippen molar-refractivity contribution < 1.29 is 18.1 Å². The molecule has 1 aromatic carbocycles. The number of pyridine rings is 1. The Kier molecular flexibility index (Phi) is 4.04. The molecule has 1 aliphatic heterocycles. The zero-order valence-corrected chi connectivity index (χ0v) is 14.2. The largest absolute Gasteiger partial charge is 0.494 e. The number of rotatable bonds is 3. The molecule has 7 heteroatoms. The Labute approximate surface area is 139 Å². The lowest BCUT2D eigenvalue weighted by Gasteiger charge is -2.32. The van der Waals surface area contributed by atoms with E-state index in [4.69, 9.17) is 9.31 Å². The molecule has 24 heavy (non-hydrogen) atoms. The van der Waals surface area contributed by atoms with Crippen LogP contribution in [0.5, 0.6) is 0 Å². The third-order valence-corrected chi connectivity index (χ3v) is 4.86. The van der Waals surface area contributed by atoms with E-state index in [-0.39, 0.29) is 0 Å². The predicted molar refractivity (Wildman–Crippen MR) is 89.9 cm³/mol. The minimum Gasteiger partial charge on any atom is -0.399 e. The lowest BCUT2D eigenvalue weighted by molar-refractivity contribution is 0.00578. The van der Waals surface area contributed by atoms with Crippen molar-refractivity contribution in [3.8, 4) is 0 Å². The molecular weight excluding hydrogens is 315 g/mol. The number of hydrogen-bond acceptors (Lipinski definition) is 3. The van der Waals surface area contributed by atoms with Crippen LogP contribution in [0.2, 0.25) is 0 Å². The van der Waals surface area contributed by atoms with E-state index in [2.05, 4.69) is 0 Å². The van der Waals surface area contributed by atoms with Gasteiger partial charge < -0.3 is 13.9 Å². The van der Waals surface area contributed by atoms with Gasteiger partial charge in [0.1, 0.15) is 0 Å². The molecule has 1 saturated heterocycles. The van der Waals surface area contributed by atoms with Gasteiger partial charge in [0, 0.05) is 11.6 Å². The first-order chi connectivity index (χ1) is 11.1. The predicted octanol–water partition coefficient (Wildman–Crippen LogP) is 2.57. The van der Waals surface area contributed by atoms with E-state index in [1.54, 1.807) is 18.2 Å². The van der Waals surface area contributed by atoms with Crippen molar-refractivity contribution in [3.05, 3.63) is 40.8 Å². The van der Waals surface area contributed by atoms with Crippen molar-refractivity contribution in [2.45, 2.75) is 51.9 Å². The Hall–Kier alpha value is -1.73. The number of benzene rings is 1. The summed E-state index contributed by atoms with van der Waals surface area (Å²) in [5, 5.41) is 1.08. The highest BCUT2D eigenvalue weighted by Gasteiger charge is 2.51. The van der Waals surface area contributed by atoms with Crippen LogP contribution in [-0.4, -0.2) is 29.3 Å². The smallest absolute Gasteiger partial charge is 0.399 e. The second kappa shape index (κ2) is 5.67. The van der Waals surface area contributed by atoms with Crippen molar-refractivity contribution in [2.75, 3.05) is 0 Å². The Morgan fingerprint density at radius 1 is 1.12 bits per heavy atom. The fourth-order valence-corrected chi connectivity index (χ4v) is 2.72. The third-order valence-electron chi connectivity index (χ3n) is 4.86. The molecule has 4 nitrogen and oxygen atoms in total. The van der Waals surface area contributed by atoms with Crippen LogP contribution in [-0.2, 0) is 15.9 Å². The van der Waals surface area contributed by atoms with Gasteiger partial charge in [0.2, 0.25) is 0 Å². The molecule has 1 aromatic heterocycles. The maximum Gasteiger partial charge on any atom is 0.494 e. The van der Waals surface area contributed by atoms with Gasteiger partial charge in [-0.2, -0.15) is 0 Å². The van der Waals surface area contributed by atoms with Crippen LogP contribution in [0.15, 0.2) is 35.3 Å². The third kappa shape index (κ3) is 2.87. The van der Waals surface area contributed by atoms with E-state index in [1.165, 1.54) is 6.20 Å². The van der Waals surface area contributed by atoms with E-state index in [1.807, 2.05) is 33.8 Å². The van der Waals surface area contributed by atoms with Crippen LogP contribution in [0, 0.1) is 0 Å². The molecule has 2 heterocycles. The van der Waals surface area contributed by atoms with E-state index in [0.717, 1.165) is 10.0 Å². The summed E-state index contributed by atoms with van der Waals surface area (Å²) in [6.07, 6.45) is -1.17. The van der Waals surface area contributed by atoms with Crippen molar-refractivity contribution in [3.63, 3.8) is 0 Å². The highest BCUT2D eigenvalue weighted by atomic mass is 19.3. The SMILES string of the molecule is CC1(C)OB(c2ccc3c(=O)n(CC(F)F)ccc3c2)OC1(C)C. The van der Waals surface area contributed by atoms with Crippen LogP contribution < -0.4 is 11.0 Å². The van der Waals surface area contributed by atoms with Gasteiger partial charge in [0.25, 0.3) is 12.0 Å². The van der Waals surface area contributed by atoms with E-state index in [9.17, 15) is 13.6 Å². The molecule has 0 spiro atoms. The molecular formula is C17H20BF2NO3. The molecule has 0 saturated carbocycles. The average Bonchev–Trinajstić information content (AvgIpc) is 2.70. The van der Waals surface area contributed by atoms with Crippen LogP contribution in [0.4, 0.5) is 8.78 Å². The molecule has 0 amide bonds. The summed E-state index contributed by atoms with van der Waals surface area (Å²) in [6, 6.07) is 6.86. The second-order valence-electron chi connectivity index (χ2n) is 7.10. The molecule has 0 radical (unpaired) electrons. The number of alkyl halides is 2. The van der Waals surface area contributed by atoms with E-state index < -0.39 is 36.8 Å². The topological polar surface area (TPSA) is 40.5 Å². The van der Waals surface area contributed by atoms with Gasteiger partial charge in [0.05, 0.1) is 17.7 Å². The average molecular weight is 335 g/mol. The zero-order valence-electron chi connectivity index (χ0n) is 14.2. The summed E-state index contributed by atoms with van der Waals surface area (Å²) < 4.78 is 38.1. The molecule has 2 aromatic rings. The highest BCUT2D eigenvalue weighted by molar-refractivity contribution is 6.62. The number of aromatic nitrogens is 1. The van der Waals surface area contributed by atoms with Crippen molar-refractivity contribution in [2.24, 2.45) is 0 Å². The quantitative estimate of drug-likeness (QED) is 0.810. The fourth-order valence-electron chi connectivity index (χ4n) is 2.72. The van der Waals surface area contributed by atoms with Gasteiger partial charge >= 0.3 is 7.12 Å². The summed E-state index contributed by atoms with van der Waals surface area (Å²) in [7, 11) is -0.525. The minimum absolute atomic E-state index is 0.401. The standard InChI is InChI=1S/C17H20BF2NO3/c1-16(2)17(3,4)24-18(23-16)12-5-6-13-11(9-12)7-8-21(15(13)22)10-14(19)20/h5-9,14H,10H2,1-4H3. The number of hydrogen-bond donors (Lipinski definition) is 0. The Morgan fingerprint density at radius 2 is 1.75 bits per heavy atom. The van der Waals surface area contributed by atoms with E-state index >= 15 is 0 Å². The summed E-state index contributed by atoms with van der Waals surface area (Å²) in [5.74, 6) is 0. The summed E-state index contributed by atoms with van der Waals surface area (Å²) in [6.45, 7) is 7.27. The lowest BCUT2D eigenvalue weighted by atomic mass is 9.78. The minimum atomic E-state index is -2.57. The summed E-state index contributed by atoms with van der Waals surface area (Å²) in [4.78, 5) is 12.3. The van der Waals surface area contributed by atoms with Gasteiger partial charge in [-0.05, 0) is 50.7 Å². The number of fused-ring (bicyclic) bond motifs is 1. The highest BCUT2D eigenvalue weighted by Crippen LogP contribution is 2.36. The molecule has 0 bridgehead atoms. The van der Waals surface area contributed by atoms with Crippen LogP contribution in [0.25, 0.3) is 10.8 Å². The molecule has 1 fully saturated rings. The molecule has 0 N–H and O–H groups in total. The zero-order chi connectivity index (χ0) is 17.7. The first kappa shape index (κ1) is 17.1. The lowest BCUT2D eigenvalue weighted by Crippen LogP contribution is -2.41. The first-order valence-corrected chi connectivity index (χ1v) is 7.88. The Morgan fingerprint density at radius 3 is 2.33 bits per heavy atom. The Balaban J connectivity index is 1.98. The maximum atomic E-state index is 12.5. The van der Waals surface area contributed by atoms with Gasteiger partial charge in [-0.15, -0.1) is 0 Å². The molecule has 3 rings (SSSR count). The molecule has 128 valence electrons. The molecule has 0 unspecified atom stereocenters. The van der Waals surface area contributed by atoms with E-state index in [0.29, 0.717) is 10.8 Å². The number of nitrogens with zero attached hydrogens (tertiary/aromatic N) is 1. The van der Waals surface area contributed by atoms with Gasteiger partial charge in [-0.3, -0.25) is 4.79 Å². The van der Waals surface area contributed by atoms with Crippen LogP contribution >= 0.6 is 0 Å². The van der Waals surface area contributed by atoms with Gasteiger partial charge in [0.15, 0.2) is 0 Å². The molecule has 0 aliphatic carbocycles. The second-order valence-corrected chi connectivity index (χ2v) is 7.10.